The monoisotopic (exact) mass is 333 g/mol. The Labute approximate surface area is 143 Å². The molecule has 0 bridgehead atoms. The number of piperidine rings is 1. The van der Waals surface area contributed by atoms with Crippen molar-refractivity contribution >= 4 is 11.9 Å². The zero-order chi connectivity index (χ0) is 16.8. The van der Waals surface area contributed by atoms with Crippen LogP contribution in [0.3, 0.4) is 0 Å². The van der Waals surface area contributed by atoms with Crippen LogP contribution < -0.4 is 10.6 Å². The van der Waals surface area contributed by atoms with E-state index in [1.807, 2.05) is 6.92 Å². The molecular formula is C17H27N5O2. The summed E-state index contributed by atoms with van der Waals surface area (Å²) in [6.45, 7) is 6.71. The zero-order valence-corrected chi connectivity index (χ0v) is 14.3. The van der Waals surface area contributed by atoms with E-state index in [0.717, 1.165) is 45.6 Å². The molecule has 3 heterocycles. The van der Waals surface area contributed by atoms with Gasteiger partial charge in [-0.3, -0.25) is 4.79 Å². The van der Waals surface area contributed by atoms with Gasteiger partial charge in [0, 0.05) is 51.2 Å². The number of rotatable bonds is 6. The summed E-state index contributed by atoms with van der Waals surface area (Å²) in [5.74, 6) is 0.465. The van der Waals surface area contributed by atoms with Crippen LogP contribution in [-0.2, 0) is 4.74 Å². The Hall–Kier alpha value is -1.73. The van der Waals surface area contributed by atoms with E-state index in [-0.39, 0.29) is 11.9 Å². The Morgan fingerprint density at radius 3 is 2.67 bits per heavy atom. The number of hydrogen-bond donors (Lipinski definition) is 2. The van der Waals surface area contributed by atoms with E-state index in [0.29, 0.717) is 17.6 Å². The van der Waals surface area contributed by atoms with Crippen molar-refractivity contribution < 1.29 is 9.53 Å². The number of carbonyl (C=O) groups is 1. The molecule has 3 rings (SSSR count). The van der Waals surface area contributed by atoms with Gasteiger partial charge in [0.25, 0.3) is 5.91 Å². The lowest BCUT2D eigenvalue weighted by Gasteiger charge is -2.33. The number of nitrogens with one attached hydrogen (secondary N) is 2. The van der Waals surface area contributed by atoms with Gasteiger partial charge in [-0.15, -0.1) is 0 Å². The van der Waals surface area contributed by atoms with Gasteiger partial charge < -0.3 is 20.3 Å². The summed E-state index contributed by atoms with van der Waals surface area (Å²) in [7, 11) is 0. The number of aromatic nitrogens is 2. The van der Waals surface area contributed by atoms with Gasteiger partial charge in [0.1, 0.15) is 0 Å². The fourth-order valence-electron chi connectivity index (χ4n) is 3.30. The van der Waals surface area contributed by atoms with Crippen molar-refractivity contribution in [3.63, 3.8) is 0 Å². The summed E-state index contributed by atoms with van der Waals surface area (Å²) in [4.78, 5) is 23.0. The molecule has 7 heteroatoms. The molecule has 2 fully saturated rings. The summed E-state index contributed by atoms with van der Waals surface area (Å²) in [6, 6.07) is 0.228. The maximum absolute atomic E-state index is 12.3. The minimum absolute atomic E-state index is 0.0874. The fraction of sp³-hybridized carbons (Fsp3) is 0.706. The molecule has 2 aliphatic heterocycles. The average molecular weight is 333 g/mol. The van der Waals surface area contributed by atoms with Crippen LogP contribution in [0.2, 0.25) is 0 Å². The van der Waals surface area contributed by atoms with Crippen LogP contribution in [0.25, 0.3) is 0 Å². The smallest absolute Gasteiger partial charge is 0.254 e. The molecule has 132 valence electrons. The third-order valence-electron chi connectivity index (χ3n) is 4.66. The molecule has 24 heavy (non-hydrogen) atoms. The third-order valence-corrected chi connectivity index (χ3v) is 4.66. The molecule has 0 aliphatic carbocycles. The first-order valence-corrected chi connectivity index (χ1v) is 8.95. The van der Waals surface area contributed by atoms with Gasteiger partial charge in [0.2, 0.25) is 5.95 Å². The Morgan fingerprint density at radius 1 is 1.29 bits per heavy atom. The minimum atomic E-state index is -0.0874. The second-order valence-electron chi connectivity index (χ2n) is 6.51. The van der Waals surface area contributed by atoms with Crippen molar-refractivity contribution in [2.24, 2.45) is 0 Å². The molecule has 2 saturated heterocycles. The number of amides is 1. The van der Waals surface area contributed by atoms with E-state index in [1.165, 1.54) is 12.8 Å². The normalized spacial score (nSPS) is 22.5. The number of carbonyl (C=O) groups excluding carboxylic acids is 1. The molecule has 0 spiro atoms. The lowest BCUT2D eigenvalue weighted by atomic mass is 10.0. The Morgan fingerprint density at radius 2 is 2.04 bits per heavy atom. The number of anilines is 1. The van der Waals surface area contributed by atoms with E-state index in [2.05, 4.69) is 25.5 Å². The number of likely N-dealkylation sites (tertiary alicyclic amines) is 1. The van der Waals surface area contributed by atoms with E-state index in [1.54, 1.807) is 12.4 Å². The molecule has 1 aromatic heterocycles. The Balaban J connectivity index is 1.42. The standard InChI is InChI=1S/C17H27N5O2/c1-2-18-17-19-10-13(11-20-17)16(23)21-14-5-7-22(8-6-14)12-15-4-3-9-24-15/h10-11,14-15H,2-9,12H2,1H3,(H,21,23)(H,18,19,20)/t15-/m1/s1. The van der Waals surface area contributed by atoms with Crippen molar-refractivity contribution in [3.8, 4) is 0 Å². The first kappa shape index (κ1) is 17.1. The molecule has 1 aromatic rings. The highest BCUT2D eigenvalue weighted by atomic mass is 16.5. The van der Waals surface area contributed by atoms with Crippen molar-refractivity contribution in [2.45, 2.75) is 44.8 Å². The molecule has 0 radical (unpaired) electrons. The number of ether oxygens (including phenoxy) is 1. The Bertz CT molecular complexity index is 522. The average Bonchev–Trinajstić information content (AvgIpc) is 3.10. The summed E-state index contributed by atoms with van der Waals surface area (Å²) >= 11 is 0. The van der Waals surface area contributed by atoms with Crippen molar-refractivity contribution in [1.29, 1.82) is 0 Å². The van der Waals surface area contributed by atoms with Gasteiger partial charge in [-0.05, 0) is 32.6 Å². The lowest BCUT2D eigenvalue weighted by Crippen LogP contribution is -2.46. The van der Waals surface area contributed by atoms with Crippen molar-refractivity contribution in [3.05, 3.63) is 18.0 Å². The first-order valence-electron chi connectivity index (χ1n) is 8.95. The van der Waals surface area contributed by atoms with Crippen LogP contribution in [0, 0.1) is 0 Å². The quantitative estimate of drug-likeness (QED) is 0.816. The van der Waals surface area contributed by atoms with E-state index >= 15 is 0 Å². The molecule has 0 unspecified atom stereocenters. The highest BCUT2D eigenvalue weighted by molar-refractivity contribution is 5.93. The van der Waals surface area contributed by atoms with Gasteiger partial charge in [-0.25, -0.2) is 9.97 Å². The predicted molar refractivity (Wildman–Crippen MR) is 92.1 cm³/mol. The van der Waals surface area contributed by atoms with Gasteiger partial charge in [0.15, 0.2) is 0 Å². The molecule has 0 saturated carbocycles. The van der Waals surface area contributed by atoms with Crippen LogP contribution in [0.1, 0.15) is 43.0 Å². The van der Waals surface area contributed by atoms with Gasteiger partial charge in [-0.2, -0.15) is 0 Å². The van der Waals surface area contributed by atoms with Crippen LogP contribution in [0.5, 0.6) is 0 Å². The second-order valence-corrected chi connectivity index (χ2v) is 6.51. The first-order chi connectivity index (χ1) is 11.7. The molecule has 1 amide bonds. The van der Waals surface area contributed by atoms with Gasteiger partial charge >= 0.3 is 0 Å². The highest BCUT2D eigenvalue weighted by Crippen LogP contribution is 2.17. The summed E-state index contributed by atoms with van der Waals surface area (Å²) in [5.41, 5.74) is 0.512. The van der Waals surface area contributed by atoms with Gasteiger partial charge in [0.05, 0.1) is 11.7 Å². The summed E-state index contributed by atoms with van der Waals surface area (Å²) in [6.07, 6.45) is 7.89. The maximum atomic E-state index is 12.3. The van der Waals surface area contributed by atoms with E-state index < -0.39 is 0 Å². The molecular weight excluding hydrogens is 306 g/mol. The molecule has 0 aromatic carbocycles. The lowest BCUT2D eigenvalue weighted by molar-refractivity contribution is 0.0613. The van der Waals surface area contributed by atoms with Crippen molar-refractivity contribution in [1.82, 2.24) is 20.2 Å². The molecule has 2 N–H and O–H groups in total. The van der Waals surface area contributed by atoms with Gasteiger partial charge in [-0.1, -0.05) is 0 Å². The Kier molecular flexibility index (Phi) is 5.98. The number of nitrogens with zero attached hydrogens (tertiary/aromatic N) is 3. The molecule has 7 nitrogen and oxygen atoms in total. The summed E-state index contributed by atoms with van der Waals surface area (Å²) < 4.78 is 5.70. The maximum Gasteiger partial charge on any atom is 0.254 e. The topological polar surface area (TPSA) is 79.4 Å². The zero-order valence-electron chi connectivity index (χ0n) is 14.3. The number of hydrogen-bond acceptors (Lipinski definition) is 6. The highest BCUT2D eigenvalue weighted by Gasteiger charge is 2.25. The van der Waals surface area contributed by atoms with E-state index in [4.69, 9.17) is 4.74 Å². The van der Waals surface area contributed by atoms with Crippen LogP contribution in [0.15, 0.2) is 12.4 Å². The van der Waals surface area contributed by atoms with Crippen molar-refractivity contribution in [2.75, 3.05) is 38.1 Å². The van der Waals surface area contributed by atoms with Crippen LogP contribution in [0.4, 0.5) is 5.95 Å². The van der Waals surface area contributed by atoms with Crippen LogP contribution in [-0.4, -0.2) is 65.7 Å². The second kappa shape index (κ2) is 8.39. The van der Waals surface area contributed by atoms with E-state index in [9.17, 15) is 4.79 Å². The fourth-order valence-corrected chi connectivity index (χ4v) is 3.30. The van der Waals surface area contributed by atoms with Crippen LogP contribution >= 0.6 is 0 Å². The SMILES string of the molecule is CCNc1ncc(C(=O)NC2CCN(C[C@H]3CCCO3)CC2)cn1. The minimum Gasteiger partial charge on any atom is -0.377 e. The summed E-state index contributed by atoms with van der Waals surface area (Å²) in [5, 5.41) is 6.12. The largest absolute Gasteiger partial charge is 0.377 e. The predicted octanol–water partition coefficient (Wildman–Crippen LogP) is 1.28. The molecule has 1 atom stereocenters. The third kappa shape index (κ3) is 4.64. The molecule has 2 aliphatic rings.